The third-order valence-corrected chi connectivity index (χ3v) is 6.85. The van der Waals surface area contributed by atoms with E-state index >= 15 is 0 Å². The first kappa shape index (κ1) is 18.2. The molecule has 2 saturated heterocycles. The largest absolute Gasteiger partial charge is 0.350 e. The summed E-state index contributed by atoms with van der Waals surface area (Å²) in [5.41, 5.74) is 0. The van der Waals surface area contributed by atoms with Crippen LogP contribution in [-0.2, 0) is 4.79 Å². The molecule has 1 amide bonds. The Morgan fingerprint density at radius 1 is 1.08 bits per heavy atom. The van der Waals surface area contributed by atoms with Crippen LogP contribution in [0.5, 0.6) is 0 Å². The number of piperidine rings is 1. The van der Waals surface area contributed by atoms with E-state index in [4.69, 9.17) is 0 Å². The van der Waals surface area contributed by atoms with Gasteiger partial charge >= 0.3 is 0 Å². The molecule has 0 aromatic heterocycles. The number of rotatable bonds is 4. The lowest BCUT2D eigenvalue weighted by Gasteiger charge is -2.39. The minimum absolute atomic E-state index is 0.0145. The lowest BCUT2D eigenvalue weighted by molar-refractivity contribution is -0.124. The number of hydrogen-bond donors (Lipinski definition) is 3. The first-order chi connectivity index (χ1) is 11.5. The molecular weight excluding hydrogens is 298 g/mol. The lowest BCUT2D eigenvalue weighted by atomic mass is 9.78. The van der Waals surface area contributed by atoms with Crippen LogP contribution in [0.25, 0.3) is 0 Å². The third kappa shape index (κ3) is 3.80. The SMILES string of the molecule is CC(C)C(NC(=O)C1CC2CCCC(C)C2N1)C1NCCCC1C. The van der Waals surface area contributed by atoms with Gasteiger partial charge in [0.1, 0.15) is 0 Å². The van der Waals surface area contributed by atoms with Crippen LogP contribution in [0.15, 0.2) is 0 Å². The Labute approximate surface area is 147 Å². The van der Waals surface area contributed by atoms with Gasteiger partial charge in [0.05, 0.1) is 6.04 Å². The molecule has 24 heavy (non-hydrogen) atoms. The molecule has 0 aromatic rings. The summed E-state index contributed by atoms with van der Waals surface area (Å²) >= 11 is 0. The summed E-state index contributed by atoms with van der Waals surface area (Å²) in [5, 5.41) is 10.8. The fraction of sp³-hybridized carbons (Fsp3) is 0.950. The maximum Gasteiger partial charge on any atom is 0.237 e. The van der Waals surface area contributed by atoms with E-state index in [0.29, 0.717) is 35.8 Å². The molecule has 0 aromatic carbocycles. The smallest absolute Gasteiger partial charge is 0.237 e. The van der Waals surface area contributed by atoms with Crippen molar-refractivity contribution in [1.82, 2.24) is 16.0 Å². The van der Waals surface area contributed by atoms with Gasteiger partial charge in [-0.3, -0.25) is 4.79 Å². The maximum absolute atomic E-state index is 13.0. The normalized spacial score (nSPS) is 41.0. The van der Waals surface area contributed by atoms with Crippen LogP contribution in [0.3, 0.4) is 0 Å². The summed E-state index contributed by atoms with van der Waals surface area (Å²) in [6.07, 6.45) is 7.47. The van der Waals surface area contributed by atoms with E-state index in [0.717, 1.165) is 13.0 Å². The van der Waals surface area contributed by atoms with E-state index < -0.39 is 0 Å². The van der Waals surface area contributed by atoms with Crippen molar-refractivity contribution in [3.8, 4) is 0 Å². The Kier molecular flexibility index (Phi) is 5.86. The van der Waals surface area contributed by atoms with E-state index in [1.807, 2.05) is 0 Å². The van der Waals surface area contributed by atoms with Gasteiger partial charge in [-0.25, -0.2) is 0 Å². The van der Waals surface area contributed by atoms with Gasteiger partial charge in [0.15, 0.2) is 0 Å². The molecular formula is C20H37N3O. The molecule has 3 aliphatic rings. The van der Waals surface area contributed by atoms with Gasteiger partial charge in [-0.15, -0.1) is 0 Å². The van der Waals surface area contributed by atoms with Gasteiger partial charge in [0, 0.05) is 18.1 Å². The first-order valence-corrected chi connectivity index (χ1v) is 10.3. The average molecular weight is 336 g/mol. The lowest BCUT2D eigenvalue weighted by Crippen LogP contribution is -2.59. The van der Waals surface area contributed by atoms with Crippen molar-refractivity contribution < 1.29 is 4.79 Å². The van der Waals surface area contributed by atoms with Crippen molar-refractivity contribution in [3.63, 3.8) is 0 Å². The van der Waals surface area contributed by atoms with Crippen LogP contribution in [0.4, 0.5) is 0 Å². The highest BCUT2D eigenvalue weighted by Crippen LogP contribution is 2.36. The zero-order chi connectivity index (χ0) is 17.3. The molecule has 138 valence electrons. The minimum Gasteiger partial charge on any atom is -0.350 e. The Bertz CT molecular complexity index is 439. The first-order valence-electron chi connectivity index (χ1n) is 10.3. The summed E-state index contributed by atoms with van der Waals surface area (Å²) in [4.78, 5) is 13.0. The Hall–Kier alpha value is -0.610. The molecule has 0 radical (unpaired) electrons. The van der Waals surface area contributed by atoms with Crippen molar-refractivity contribution in [2.45, 2.75) is 90.4 Å². The molecule has 0 spiro atoms. The van der Waals surface area contributed by atoms with E-state index in [-0.39, 0.29) is 18.0 Å². The van der Waals surface area contributed by atoms with Crippen LogP contribution < -0.4 is 16.0 Å². The van der Waals surface area contributed by atoms with Crippen molar-refractivity contribution in [2.24, 2.45) is 23.7 Å². The van der Waals surface area contributed by atoms with Crippen molar-refractivity contribution in [2.75, 3.05) is 6.54 Å². The number of carbonyl (C=O) groups excluding carboxylic acids is 1. The summed E-state index contributed by atoms with van der Waals surface area (Å²) in [6.45, 7) is 10.2. The highest BCUT2D eigenvalue weighted by molar-refractivity contribution is 5.82. The van der Waals surface area contributed by atoms with E-state index in [9.17, 15) is 4.79 Å². The topological polar surface area (TPSA) is 53.2 Å². The molecule has 4 nitrogen and oxygen atoms in total. The second-order valence-corrected chi connectivity index (χ2v) is 9.03. The van der Waals surface area contributed by atoms with Gasteiger partial charge in [0.25, 0.3) is 0 Å². The molecule has 2 heterocycles. The van der Waals surface area contributed by atoms with Crippen molar-refractivity contribution >= 4 is 5.91 Å². The van der Waals surface area contributed by atoms with E-state index in [2.05, 4.69) is 43.6 Å². The summed E-state index contributed by atoms with van der Waals surface area (Å²) in [7, 11) is 0. The Morgan fingerprint density at radius 3 is 2.50 bits per heavy atom. The Morgan fingerprint density at radius 2 is 1.83 bits per heavy atom. The van der Waals surface area contributed by atoms with Gasteiger partial charge in [-0.05, 0) is 62.3 Å². The second-order valence-electron chi connectivity index (χ2n) is 9.03. The molecule has 2 aliphatic heterocycles. The minimum atomic E-state index is 0.0145. The number of fused-ring (bicyclic) bond motifs is 1. The van der Waals surface area contributed by atoms with Gasteiger partial charge in [-0.1, -0.05) is 34.1 Å². The van der Waals surface area contributed by atoms with E-state index in [1.165, 1.54) is 32.1 Å². The predicted molar refractivity (Wildman–Crippen MR) is 98.8 cm³/mol. The van der Waals surface area contributed by atoms with Crippen LogP contribution in [0.2, 0.25) is 0 Å². The summed E-state index contributed by atoms with van der Waals surface area (Å²) < 4.78 is 0. The standard InChI is InChI=1S/C20H37N3O/c1-12(2)17(19-14(4)8-6-10-21-19)23-20(24)16-11-15-9-5-7-13(3)18(15)22-16/h12-19,21-22H,5-11H2,1-4H3,(H,23,24). The highest BCUT2D eigenvalue weighted by atomic mass is 16.2. The fourth-order valence-corrected chi connectivity index (χ4v) is 5.37. The van der Waals surface area contributed by atoms with Gasteiger partial charge in [0.2, 0.25) is 5.91 Å². The van der Waals surface area contributed by atoms with Crippen LogP contribution in [-0.4, -0.2) is 36.6 Å². The fourth-order valence-electron chi connectivity index (χ4n) is 5.37. The van der Waals surface area contributed by atoms with Gasteiger partial charge < -0.3 is 16.0 Å². The number of nitrogens with one attached hydrogen (secondary N) is 3. The summed E-state index contributed by atoms with van der Waals surface area (Å²) in [6, 6.07) is 1.21. The predicted octanol–water partition coefficient (Wildman–Crippen LogP) is 2.68. The molecule has 7 unspecified atom stereocenters. The number of amides is 1. The molecule has 7 atom stereocenters. The molecule has 3 N–H and O–H groups in total. The molecule has 3 fully saturated rings. The monoisotopic (exact) mass is 335 g/mol. The zero-order valence-electron chi connectivity index (χ0n) is 16.0. The van der Waals surface area contributed by atoms with Crippen LogP contribution in [0, 0.1) is 23.7 Å². The van der Waals surface area contributed by atoms with E-state index in [1.54, 1.807) is 0 Å². The average Bonchev–Trinajstić information content (AvgIpc) is 2.99. The van der Waals surface area contributed by atoms with Crippen LogP contribution >= 0.6 is 0 Å². The third-order valence-electron chi connectivity index (χ3n) is 6.85. The maximum atomic E-state index is 13.0. The molecule has 0 bridgehead atoms. The van der Waals surface area contributed by atoms with Gasteiger partial charge in [-0.2, -0.15) is 0 Å². The second kappa shape index (κ2) is 7.74. The zero-order valence-corrected chi connectivity index (χ0v) is 16.0. The van der Waals surface area contributed by atoms with Crippen molar-refractivity contribution in [3.05, 3.63) is 0 Å². The quantitative estimate of drug-likeness (QED) is 0.740. The molecule has 1 saturated carbocycles. The molecule has 4 heteroatoms. The Balaban J connectivity index is 1.61. The molecule has 3 rings (SSSR count). The molecule has 1 aliphatic carbocycles. The summed E-state index contributed by atoms with van der Waals surface area (Å²) in [5.74, 6) is 2.73. The number of carbonyl (C=O) groups is 1. The number of hydrogen-bond acceptors (Lipinski definition) is 3. The van der Waals surface area contributed by atoms with Crippen LogP contribution in [0.1, 0.15) is 66.2 Å². The highest BCUT2D eigenvalue weighted by Gasteiger charge is 2.42. The van der Waals surface area contributed by atoms with Crippen molar-refractivity contribution in [1.29, 1.82) is 0 Å².